The summed E-state index contributed by atoms with van der Waals surface area (Å²) in [6, 6.07) is 10.5. The second-order valence-corrected chi connectivity index (χ2v) is 5.03. The predicted octanol–water partition coefficient (Wildman–Crippen LogP) is 4.47. The summed E-state index contributed by atoms with van der Waals surface area (Å²) in [6.07, 6.45) is 4.43. The number of hydrogen-bond donors (Lipinski definition) is 0. The number of benzene rings is 1. The van der Waals surface area contributed by atoms with E-state index in [2.05, 4.69) is 60.7 Å². The molecule has 0 bridgehead atoms. The summed E-state index contributed by atoms with van der Waals surface area (Å²) in [5, 5.41) is 0. The van der Waals surface area contributed by atoms with Crippen molar-refractivity contribution in [1.82, 2.24) is 9.55 Å². The third-order valence-electron chi connectivity index (χ3n) is 3.21. The predicted molar refractivity (Wildman–Crippen MR) is 76.7 cm³/mol. The fourth-order valence-electron chi connectivity index (χ4n) is 2.24. The summed E-state index contributed by atoms with van der Waals surface area (Å²) in [4.78, 5) is 4.61. The molecule has 0 saturated heterocycles. The minimum absolute atomic E-state index is 0.472. The van der Waals surface area contributed by atoms with Crippen LogP contribution in [0.5, 0.6) is 0 Å². The van der Waals surface area contributed by atoms with Crippen LogP contribution in [0.2, 0.25) is 0 Å². The van der Waals surface area contributed by atoms with E-state index in [-0.39, 0.29) is 0 Å². The van der Waals surface area contributed by atoms with Crippen LogP contribution in [0.15, 0.2) is 36.5 Å². The summed E-state index contributed by atoms with van der Waals surface area (Å²) in [6.45, 7) is 7.71. The van der Waals surface area contributed by atoms with E-state index in [9.17, 15) is 0 Å². The lowest BCUT2D eigenvalue weighted by Gasteiger charge is -2.13. The molecule has 0 aliphatic carbocycles. The largest absolute Gasteiger partial charge is 0.328 e. The zero-order valence-corrected chi connectivity index (χ0v) is 11.6. The van der Waals surface area contributed by atoms with Gasteiger partial charge < -0.3 is 4.57 Å². The molecule has 0 fully saturated rings. The quantitative estimate of drug-likeness (QED) is 0.756. The average molecular weight is 242 g/mol. The van der Waals surface area contributed by atoms with Crippen LogP contribution in [0.1, 0.15) is 45.4 Å². The lowest BCUT2D eigenvalue weighted by Crippen LogP contribution is -2.07. The van der Waals surface area contributed by atoms with E-state index in [1.54, 1.807) is 0 Å². The molecule has 0 atom stereocenters. The van der Waals surface area contributed by atoms with Crippen LogP contribution >= 0.6 is 0 Å². The van der Waals surface area contributed by atoms with Gasteiger partial charge in [-0.1, -0.05) is 57.5 Å². The molecule has 1 aromatic carbocycles. The molecule has 96 valence electrons. The number of aromatic nitrogens is 2. The van der Waals surface area contributed by atoms with Crippen LogP contribution in [-0.2, 0) is 6.54 Å². The van der Waals surface area contributed by atoms with Crippen molar-refractivity contribution < 1.29 is 0 Å². The van der Waals surface area contributed by atoms with Gasteiger partial charge >= 0.3 is 0 Å². The van der Waals surface area contributed by atoms with Crippen molar-refractivity contribution in [2.75, 3.05) is 0 Å². The smallest absolute Gasteiger partial charge is 0.111 e. The first kappa shape index (κ1) is 12.9. The van der Waals surface area contributed by atoms with Crippen LogP contribution in [0, 0.1) is 0 Å². The van der Waals surface area contributed by atoms with Crippen LogP contribution in [-0.4, -0.2) is 9.55 Å². The Morgan fingerprint density at radius 3 is 2.50 bits per heavy atom. The van der Waals surface area contributed by atoms with Gasteiger partial charge in [0.05, 0.1) is 11.9 Å². The Hall–Kier alpha value is -1.57. The Bertz CT molecular complexity index is 483. The van der Waals surface area contributed by atoms with Crippen LogP contribution in [0.3, 0.4) is 0 Å². The van der Waals surface area contributed by atoms with E-state index in [1.165, 1.54) is 29.9 Å². The normalized spacial score (nSPS) is 11.1. The molecule has 0 saturated carbocycles. The minimum Gasteiger partial charge on any atom is -0.328 e. The van der Waals surface area contributed by atoms with E-state index in [0.717, 1.165) is 6.54 Å². The molecular formula is C16H22N2. The number of hydrogen-bond acceptors (Lipinski definition) is 1. The molecule has 1 aromatic heterocycles. The Labute approximate surface area is 110 Å². The Kier molecular flexibility index (Phi) is 4.19. The van der Waals surface area contributed by atoms with Crippen molar-refractivity contribution >= 4 is 0 Å². The number of imidazole rings is 1. The van der Waals surface area contributed by atoms with Gasteiger partial charge in [-0.15, -0.1) is 0 Å². The molecule has 0 radical (unpaired) electrons. The van der Waals surface area contributed by atoms with Gasteiger partial charge in [0.15, 0.2) is 0 Å². The van der Waals surface area contributed by atoms with Gasteiger partial charge in [-0.2, -0.15) is 0 Å². The van der Waals surface area contributed by atoms with E-state index < -0.39 is 0 Å². The molecule has 18 heavy (non-hydrogen) atoms. The topological polar surface area (TPSA) is 17.8 Å². The summed E-state index contributed by atoms with van der Waals surface area (Å²) in [7, 11) is 0. The first-order chi connectivity index (χ1) is 8.74. The highest BCUT2D eigenvalue weighted by molar-refractivity contribution is 5.59. The number of unbranched alkanes of at least 4 members (excludes halogenated alkanes) is 1. The highest BCUT2D eigenvalue weighted by atomic mass is 15.1. The zero-order chi connectivity index (χ0) is 13.0. The van der Waals surface area contributed by atoms with Crippen LogP contribution in [0.4, 0.5) is 0 Å². The van der Waals surface area contributed by atoms with E-state index in [0.29, 0.717) is 5.92 Å². The standard InChI is InChI=1S/C16H22N2/c1-4-5-11-18-15(12-17-16(18)13(2)3)14-9-7-6-8-10-14/h6-10,12-13H,4-5,11H2,1-3H3. The molecular weight excluding hydrogens is 220 g/mol. The first-order valence-electron chi connectivity index (χ1n) is 6.85. The average Bonchev–Trinajstić information content (AvgIpc) is 2.81. The first-order valence-corrected chi connectivity index (χ1v) is 6.85. The van der Waals surface area contributed by atoms with Gasteiger partial charge in [-0.3, -0.25) is 0 Å². The lowest BCUT2D eigenvalue weighted by molar-refractivity contribution is 0.587. The maximum absolute atomic E-state index is 4.61. The second-order valence-electron chi connectivity index (χ2n) is 5.03. The van der Waals surface area contributed by atoms with E-state index in [4.69, 9.17) is 0 Å². The fourth-order valence-corrected chi connectivity index (χ4v) is 2.24. The van der Waals surface area contributed by atoms with Gasteiger partial charge in [0.25, 0.3) is 0 Å². The Morgan fingerprint density at radius 1 is 1.17 bits per heavy atom. The van der Waals surface area contributed by atoms with Crippen molar-refractivity contribution in [2.45, 2.75) is 46.1 Å². The summed E-state index contributed by atoms with van der Waals surface area (Å²) in [5.41, 5.74) is 2.50. The number of rotatable bonds is 5. The van der Waals surface area contributed by atoms with Gasteiger partial charge in [0.2, 0.25) is 0 Å². The maximum atomic E-state index is 4.61. The minimum atomic E-state index is 0.472. The molecule has 0 N–H and O–H groups in total. The van der Waals surface area contributed by atoms with Crippen molar-refractivity contribution in [3.05, 3.63) is 42.4 Å². The summed E-state index contributed by atoms with van der Waals surface area (Å²) in [5.74, 6) is 1.67. The van der Waals surface area contributed by atoms with Crippen LogP contribution in [0.25, 0.3) is 11.3 Å². The SMILES string of the molecule is CCCCn1c(-c2ccccc2)cnc1C(C)C. The molecule has 2 rings (SSSR count). The maximum Gasteiger partial charge on any atom is 0.111 e. The third kappa shape index (κ3) is 2.63. The molecule has 1 heterocycles. The van der Waals surface area contributed by atoms with Gasteiger partial charge in [0, 0.05) is 12.5 Å². The van der Waals surface area contributed by atoms with Gasteiger partial charge in [-0.25, -0.2) is 4.98 Å². The van der Waals surface area contributed by atoms with Gasteiger partial charge in [0.1, 0.15) is 5.82 Å². The Morgan fingerprint density at radius 2 is 1.89 bits per heavy atom. The molecule has 0 amide bonds. The second kappa shape index (κ2) is 5.85. The molecule has 2 heteroatoms. The summed E-state index contributed by atoms with van der Waals surface area (Å²) < 4.78 is 2.38. The molecule has 0 aliphatic heterocycles. The van der Waals surface area contributed by atoms with Gasteiger partial charge in [-0.05, 0) is 12.0 Å². The highest BCUT2D eigenvalue weighted by Gasteiger charge is 2.13. The molecule has 2 nitrogen and oxygen atoms in total. The zero-order valence-electron chi connectivity index (χ0n) is 11.6. The molecule has 0 unspecified atom stereocenters. The third-order valence-corrected chi connectivity index (χ3v) is 3.21. The lowest BCUT2D eigenvalue weighted by atomic mass is 10.1. The monoisotopic (exact) mass is 242 g/mol. The van der Waals surface area contributed by atoms with E-state index in [1.807, 2.05) is 6.20 Å². The van der Waals surface area contributed by atoms with Crippen molar-refractivity contribution in [1.29, 1.82) is 0 Å². The fraction of sp³-hybridized carbons (Fsp3) is 0.438. The van der Waals surface area contributed by atoms with Crippen molar-refractivity contribution in [3.8, 4) is 11.3 Å². The van der Waals surface area contributed by atoms with E-state index >= 15 is 0 Å². The van der Waals surface area contributed by atoms with Crippen molar-refractivity contribution in [3.63, 3.8) is 0 Å². The molecule has 0 aliphatic rings. The van der Waals surface area contributed by atoms with Crippen LogP contribution < -0.4 is 0 Å². The highest BCUT2D eigenvalue weighted by Crippen LogP contribution is 2.24. The Balaban J connectivity index is 2.41. The molecule has 0 spiro atoms. The number of nitrogens with zero attached hydrogens (tertiary/aromatic N) is 2. The molecule has 2 aromatic rings. The van der Waals surface area contributed by atoms with Crippen molar-refractivity contribution in [2.24, 2.45) is 0 Å². The summed E-state index contributed by atoms with van der Waals surface area (Å²) >= 11 is 0.